The number of piperazine rings is 1. The Balaban J connectivity index is 1.65. The molecule has 26 heavy (non-hydrogen) atoms. The van der Waals surface area contributed by atoms with Gasteiger partial charge in [0.2, 0.25) is 6.04 Å². The average molecular weight is 371 g/mol. The first-order valence-corrected chi connectivity index (χ1v) is 10.4. The molecular formula is C20H28N5S+3. The number of nitrogens with zero attached hydrogens (tertiary/aromatic N) is 5. The van der Waals surface area contributed by atoms with E-state index in [0.29, 0.717) is 12.1 Å². The Morgan fingerprint density at radius 1 is 1.19 bits per heavy atom. The molecule has 5 nitrogen and oxygen atoms in total. The van der Waals surface area contributed by atoms with Gasteiger partial charge in [0.15, 0.2) is 0 Å². The Kier molecular flexibility index (Phi) is 3.69. The van der Waals surface area contributed by atoms with Crippen LogP contribution < -0.4 is 0 Å². The summed E-state index contributed by atoms with van der Waals surface area (Å²) in [5.74, 6) is 2.81. The maximum atomic E-state index is 2.62. The fourth-order valence-electron chi connectivity index (χ4n) is 4.86. The summed E-state index contributed by atoms with van der Waals surface area (Å²) in [5, 5.41) is 2.19. The smallest absolute Gasteiger partial charge is 0.299 e. The van der Waals surface area contributed by atoms with Gasteiger partial charge in [0.05, 0.1) is 33.3 Å². The lowest BCUT2D eigenvalue weighted by atomic mass is 10.0. The molecule has 0 amide bonds. The quantitative estimate of drug-likeness (QED) is 0.543. The van der Waals surface area contributed by atoms with Crippen LogP contribution in [0.4, 0.5) is 0 Å². The molecule has 0 aliphatic carbocycles. The first-order chi connectivity index (χ1) is 12.6. The van der Waals surface area contributed by atoms with Crippen LogP contribution in [0.3, 0.4) is 0 Å². The number of hydrogen-bond acceptors (Lipinski definition) is 2. The van der Waals surface area contributed by atoms with E-state index in [9.17, 15) is 0 Å². The van der Waals surface area contributed by atoms with Crippen molar-refractivity contribution in [3.63, 3.8) is 0 Å². The second kappa shape index (κ2) is 5.86. The van der Waals surface area contributed by atoms with Crippen molar-refractivity contribution in [2.24, 2.45) is 0 Å². The molecule has 0 N–H and O–H groups in total. The van der Waals surface area contributed by atoms with Crippen molar-refractivity contribution in [2.75, 3.05) is 47.3 Å². The van der Waals surface area contributed by atoms with Crippen molar-refractivity contribution >= 4 is 34.3 Å². The topological polar surface area (TPSA) is 15.5 Å². The maximum absolute atomic E-state index is 2.62. The summed E-state index contributed by atoms with van der Waals surface area (Å²) in [6, 6.07) is 5.62. The molecule has 2 atom stereocenters. The molecule has 136 valence electrons. The van der Waals surface area contributed by atoms with Crippen LogP contribution in [0.5, 0.6) is 0 Å². The Labute approximate surface area is 159 Å². The maximum Gasteiger partial charge on any atom is 0.411 e. The van der Waals surface area contributed by atoms with Crippen molar-refractivity contribution in [3.05, 3.63) is 28.6 Å². The van der Waals surface area contributed by atoms with Gasteiger partial charge in [0, 0.05) is 30.0 Å². The van der Waals surface area contributed by atoms with E-state index in [4.69, 9.17) is 0 Å². The highest BCUT2D eigenvalue weighted by Gasteiger charge is 2.73. The van der Waals surface area contributed by atoms with E-state index in [0.717, 1.165) is 32.6 Å². The first kappa shape index (κ1) is 16.4. The molecule has 5 heterocycles. The summed E-state index contributed by atoms with van der Waals surface area (Å²) < 4.78 is 7.65. The fraction of sp³-hybridized carbons (Fsp3) is 0.550. The van der Waals surface area contributed by atoms with Gasteiger partial charge in [-0.1, -0.05) is 6.07 Å². The van der Waals surface area contributed by atoms with E-state index >= 15 is 0 Å². The molecule has 2 saturated heterocycles. The minimum absolute atomic E-state index is 0.556. The van der Waals surface area contributed by atoms with Crippen LogP contribution in [0.25, 0.3) is 5.57 Å². The standard InChI is InChI=1S/C20H28N5S/c1-14-23(4)19-18-16(25(14)18)12-15(17-6-5-11-26-17)13-22(3)20(19)24-9-7-21(2)8-10-24/h5-6,11,13,16,18H,7-10,12H2,1-4H3/q+3. The molecule has 1 aromatic heterocycles. The van der Waals surface area contributed by atoms with E-state index < -0.39 is 0 Å². The highest BCUT2D eigenvalue weighted by atomic mass is 32.1. The third-order valence-electron chi connectivity index (χ3n) is 6.41. The van der Waals surface area contributed by atoms with Crippen molar-refractivity contribution in [2.45, 2.75) is 25.4 Å². The Hall–Kier alpha value is -1.79. The Bertz CT molecular complexity index is 879. The number of amidine groups is 2. The zero-order valence-electron chi connectivity index (χ0n) is 16.1. The Morgan fingerprint density at radius 2 is 1.96 bits per heavy atom. The van der Waals surface area contributed by atoms with Crippen molar-refractivity contribution in [1.82, 2.24) is 9.80 Å². The van der Waals surface area contributed by atoms with E-state index in [1.807, 2.05) is 11.3 Å². The van der Waals surface area contributed by atoms with Gasteiger partial charge in [0.25, 0.3) is 0 Å². The number of thiophene rings is 1. The fourth-order valence-corrected chi connectivity index (χ4v) is 5.60. The highest BCUT2D eigenvalue weighted by Crippen LogP contribution is 2.39. The third-order valence-corrected chi connectivity index (χ3v) is 7.36. The van der Waals surface area contributed by atoms with E-state index in [2.05, 4.69) is 75.3 Å². The predicted molar refractivity (Wildman–Crippen MR) is 107 cm³/mol. The van der Waals surface area contributed by atoms with Gasteiger partial charge in [-0.05, 0) is 18.5 Å². The molecule has 1 aromatic rings. The summed E-state index contributed by atoms with van der Waals surface area (Å²) in [6.45, 7) is 6.75. The normalized spacial score (nSPS) is 29.1. The van der Waals surface area contributed by atoms with Gasteiger partial charge in [-0.3, -0.25) is 9.48 Å². The highest BCUT2D eigenvalue weighted by molar-refractivity contribution is 7.11. The van der Waals surface area contributed by atoms with Gasteiger partial charge in [0.1, 0.15) is 7.05 Å². The second-order valence-corrected chi connectivity index (χ2v) is 8.92. The molecule has 4 aliphatic heterocycles. The minimum atomic E-state index is 0.556. The molecule has 2 unspecified atom stereocenters. The number of rotatable bonds is 1. The predicted octanol–water partition coefficient (Wildman–Crippen LogP) is 1.06. The van der Waals surface area contributed by atoms with Gasteiger partial charge < -0.3 is 0 Å². The third kappa shape index (κ3) is 2.35. The average Bonchev–Trinajstić information content (AvgIpc) is 2.95. The summed E-state index contributed by atoms with van der Waals surface area (Å²) in [4.78, 5) is 6.24. The molecule has 0 bridgehead atoms. The van der Waals surface area contributed by atoms with E-state index in [-0.39, 0.29) is 0 Å². The molecule has 5 rings (SSSR count). The molecule has 2 fully saturated rings. The Morgan fingerprint density at radius 3 is 2.65 bits per heavy atom. The molecular weight excluding hydrogens is 342 g/mol. The molecule has 6 heteroatoms. The van der Waals surface area contributed by atoms with E-state index in [1.165, 1.54) is 27.8 Å². The summed E-state index contributed by atoms with van der Waals surface area (Å²) in [5.41, 5.74) is 2.98. The van der Waals surface area contributed by atoms with Gasteiger partial charge in [-0.2, -0.15) is 0 Å². The SMILES string of the molecule is CC1=[N+]2C3CC(c4cccs4)=CN(C)C(=[N+]4CCN(C)CC4)C(=[N+]1C)C32. The van der Waals surface area contributed by atoms with Crippen LogP contribution in [0.2, 0.25) is 0 Å². The van der Waals surface area contributed by atoms with Crippen LogP contribution in [0, 0.1) is 0 Å². The second-order valence-electron chi connectivity index (χ2n) is 7.97. The zero-order valence-corrected chi connectivity index (χ0v) is 17.0. The minimum Gasteiger partial charge on any atom is -0.299 e. The lowest BCUT2D eigenvalue weighted by Gasteiger charge is -2.25. The van der Waals surface area contributed by atoms with Crippen molar-refractivity contribution < 1.29 is 13.7 Å². The summed E-state index contributed by atoms with van der Waals surface area (Å²) in [6.07, 6.45) is 3.53. The molecule has 0 spiro atoms. The monoisotopic (exact) mass is 370 g/mol. The van der Waals surface area contributed by atoms with Gasteiger partial charge >= 0.3 is 23.4 Å². The summed E-state index contributed by atoms with van der Waals surface area (Å²) >= 11 is 1.86. The number of fused-ring (bicyclic) bond motifs is 1. The number of hydrogen-bond donors (Lipinski definition) is 0. The number of likely N-dealkylation sites (N-methyl/N-ethyl adjacent to an activating group) is 1. The zero-order chi connectivity index (χ0) is 18.0. The van der Waals surface area contributed by atoms with Crippen LogP contribution >= 0.6 is 11.3 Å². The van der Waals surface area contributed by atoms with Gasteiger partial charge in [-0.15, -0.1) is 20.5 Å². The van der Waals surface area contributed by atoms with Crippen LogP contribution in [0.15, 0.2) is 23.7 Å². The van der Waals surface area contributed by atoms with Crippen LogP contribution in [0.1, 0.15) is 18.2 Å². The van der Waals surface area contributed by atoms with E-state index in [1.54, 1.807) is 0 Å². The van der Waals surface area contributed by atoms with Crippen LogP contribution in [-0.4, -0.2) is 100 Å². The molecule has 0 aromatic carbocycles. The first-order valence-electron chi connectivity index (χ1n) is 9.57. The molecule has 0 saturated carbocycles. The lowest BCUT2D eigenvalue weighted by Crippen LogP contribution is -2.50. The molecule has 0 radical (unpaired) electrons. The van der Waals surface area contributed by atoms with Gasteiger partial charge in [-0.25, -0.2) is 4.90 Å². The van der Waals surface area contributed by atoms with Crippen LogP contribution in [-0.2, 0) is 0 Å². The molecule has 4 aliphatic rings. The lowest BCUT2D eigenvalue weighted by molar-refractivity contribution is -0.542. The largest absolute Gasteiger partial charge is 0.411 e. The summed E-state index contributed by atoms with van der Waals surface area (Å²) in [7, 11) is 6.70. The van der Waals surface area contributed by atoms with Crippen molar-refractivity contribution in [1.29, 1.82) is 0 Å². The van der Waals surface area contributed by atoms with Crippen molar-refractivity contribution in [3.8, 4) is 0 Å².